The minimum atomic E-state index is -0.454. The van der Waals surface area contributed by atoms with Gasteiger partial charge >= 0.3 is 0 Å². The van der Waals surface area contributed by atoms with Gasteiger partial charge in [0.1, 0.15) is 0 Å². The van der Waals surface area contributed by atoms with E-state index in [-0.39, 0.29) is 24.2 Å². The van der Waals surface area contributed by atoms with Gasteiger partial charge in [0.05, 0.1) is 6.04 Å². The maximum Gasteiger partial charge on any atom is 0.241 e. The zero-order valence-electron chi connectivity index (χ0n) is 12.2. The molecule has 0 saturated carbocycles. The molecule has 1 aliphatic heterocycles. The molecule has 1 unspecified atom stereocenters. The second-order valence-corrected chi connectivity index (χ2v) is 5.96. The monoisotopic (exact) mass is 330 g/mol. The molecule has 0 aliphatic carbocycles. The van der Waals surface area contributed by atoms with Crippen LogP contribution in [0, 0.1) is 5.92 Å². The standard InChI is InChI=1S/C15H22N2O2S.ClH/c1-20-10-11-2-4-13(5-3-11)17-15(18)14(16)12-6-8-19-9-7-12;/h2-5,12,14H,6-10,16H2,1H3,(H,17,18);1H. The van der Waals surface area contributed by atoms with Crippen molar-refractivity contribution in [2.24, 2.45) is 11.7 Å². The summed E-state index contributed by atoms with van der Waals surface area (Å²) < 4.78 is 5.29. The topological polar surface area (TPSA) is 64.4 Å². The third-order valence-electron chi connectivity index (χ3n) is 3.61. The van der Waals surface area contributed by atoms with E-state index in [1.807, 2.05) is 24.3 Å². The van der Waals surface area contributed by atoms with E-state index in [1.165, 1.54) is 5.56 Å². The van der Waals surface area contributed by atoms with E-state index in [1.54, 1.807) is 11.8 Å². The summed E-state index contributed by atoms with van der Waals surface area (Å²) in [7, 11) is 0. The van der Waals surface area contributed by atoms with E-state index >= 15 is 0 Å². The van der Waals surface area contributed by atoms with Crippen molar-refractivity contribution in [1.82, 2.24) is 0 Å². The molecule has 2 rings (SSSR count). The van der Waals surface area contributed by atoms with E-state index in [0.717, 1.165) is 24.3 Å². The molecule has 1 atom stereocenters. The molecular formula is C15H23ClN2O2S. The van der Waals surface area contributed by atoms with Gasteiger partial charge in [-0.1, -0.05) is 12.1 Å². The molecule has 118 valence electrons. The number of ether oxygens (including phenoxy) is 1. The summed E-state index contributed by atoms with van der Waals surface area (Å²) in [6, 6.07) is 7.48. The van der Waals surface area contributed by atoms with Crippen LogP contribution >= 0.6 is 24.2 Å². The molecule has 1 aromatic carbocycles. The number of hydrogen-bond acceptors (Lipinski definition) is 4. The summed E-state index contributed by atoms with van der Waals surface area (Å²) in [6.45, 7) is 1.41. The fourth-order valence-electron chi connectivity index (χ4n) is 2.37. The largest absolute Gasteiger partial charge is 0.381 e. The maximum atomic E-state index is 12.1. The third-order valence-corrected chi connectivity index (χ3v) is 4.23. The molecule has 0 radical (unpaired) electrons. The second kappa shape index (κ2) is 9.30. The van der Waals surface area contributed by atoms with Gasteiger partial charge in [-0.25, -0.2) is 0 Å². The predicted molar refractivity (Wildman–Crippen MR) is 91.1 cm³/mol. The summed E-state index contributed by atoms with van der Waals surface area (Å²) in [5.41, 5.74) is 8.11. The number of benzene rings is 1. The Morgan fingerprint density at radius 3 is 2.57 bits per heavy atom. The summed E-state index contributed by atoms with van der Waals surface area (Å²) >= 11 is 1.78. The molecule has 1 amide bonds. The van der Waals surface area contributed by atoms with E-state index in [4.69, 9.17) is 10.5 Å². The number of thioether (sulfide) groups is 1. The second-order valence-electron chi connectivity index (χ2n) is 5.09. The van der Waals surface area contributed by atoms with Crippen molar-refractivity contribution in [3.8, 4) is 0 Å². The van der Waals surface area contributed by atoms with Crippen molar-refractivity contribution in [1.29, 1.82) is 0 Å². The van der Waals surface area contributed by atoms with Crippen LogP contribution in [0.3, 0.4) is 0 Å². The Kier molecular flexibility index (Phi) is 8.11. The Morgan fingerprint density at radius 1 is 1.38 bits per heavy atom. The Morgan fingerprint density at radius 2 is 2.00 bits per heavy atom. The predicted octanol–water partition coefficient (Wildman–Crippen LogP) is 2.66. The quantitative estimate of drug-likeness (QED) is 0.871. The molecule has 1 fully saturated rings. The van der Waals surface area contributed by atoms with Crippen molar-refractivity contribution in [2.45, 2.75) is 24.6 Å². The van der Waals surface area contributed by atoms with E-state index in [2.05, 4.69) is 11.6 Å². The lowest BCUT2D eigenvalue weighted by molar-refractivity contribution is -0.119. The van der Waals surface area contributed by atoms with Crippen LogP contribution in [0.15, 0.2) is 24.3 Å². The number of rotatable bonds is 5. The summed E-state index contributed by atoms with van der Waals surface area (Å²) in [5, 5.41) is 2.90. The van der Waals surface area contributed by atoms with Gasteiger partial charge in [0, 0.05) is 24.7 Å². The van der Waals surface area contributed by atoms with Gasteiger partial charge in [-0.05, 0) is 42.7 Å². The van der Waals surface area contributed by atoms with Crippen molar-refractivity contribution in [2.75, 3.05) is 24.8 Å². The van der Waals surface area contributed by atoms with Crippen LogP contribution in [0.25, 0.3) is 0 Å². The molecule has 1 aliphatic rings. The molecule has 6 heteroatoms. The van der Waals surface area contributed by atoms with Gasteiger partial charge in [0.2, 0.25) is 5.91 Å². The van der Waals surface area contributed by atoms with Crippen LogP contribution in [0.1, 0.15) is 18.4 Å². The van der Waals surface area contributed by atoms with Crippen LogP contribution in [0.4, 0.5) is 5.69 Å². The highest BCUT2D eigenvalue weighted by atomic mass is 35.5. The Balaban J connectivity index is 0.00000220. The van der Waals surface area contributed by atoms with Crippen LogP contribution < -0.4 is 11.1 Å². The molecule has 1 heterocycles. The van der Waals surface area contributed by atoms with Crippen LogP contribution in [0.2, 0.25) is 0 Å². The van der Waals surface area contributed by atoms with Crippen molar-refractivity contribution in [3.63, 3.8) is 0 Å². The maximum absolute atomic E-state index is 12.1. The van der Waals surface area contributed by atoms with Crippen LogP contribution in [0.5, 0.6) is 0 Å². The van der Waals surface area contributed by atoms with E-state index < -0.39 is 6.04 Å². The first-order chi connectivity index (χ1) is 9.70. The molecule has 0 bridgehead atoms. The first-order valence-electron chi connectivity index (χ1n) is 6.93. The molecule has 3 N–H and O–H groups in total. The summed E-state index contributed by atoms with van der Waals surface area (Å²) in [4.78, 5) is 12.1. The van der Waals surface area contributed by atoms with Crippen LogP contribution in [-0.2, 0) is 15.3 Å². The fourth-order valence-corrected chi connectivity index (χ4v) is 2.89. The lowest BCUT2D eigenvalue weighted by Crippen LogP contribution is -2.43. The molecule has 4 nitrogen and oxygen atoms in total. The van der Waals surface area contributed by atoms with Gasteiger partial charge in [-0.15, -0.1) is 12.4 Å². The number of hydrogen-bond donors (Lipinski definition) is 2. The SMILES string of the molecule is CSCc1ccc(NC(=O)C(N)C2CCOCC2)cc1.Cl. The smallest absolute Gasteiger partial charge is 0.241 e. The highest BCUT2D eigenvalue weighted by Crippen LogP contribution is 2.19. The normalized spacial score (nSPS) is 16.9. The summed E-state index contributed by atoms with van der Waals surface area (Å²) in [5.74, 6) is 1.10. The van der Waals surface area contributed by atoms with Gasteiger partial charge in [0.15, 0.2) is 0 Å². The number of anilines is 1. The molecule has 1 aromatic rings. The molecule has 0 aromatic heterocycles. The van der Waals surface area contributed by atoms with Gasteiger partial charge in [-0.2, -0.15) is 11.8 Å². The number of carbonyl (C=O) groups excluding carboxylic acids is 1. The van der Waals surface area contributed by atoms with E-state index in [0.29, 0.717) is 13.2 Å². The van der Waals surface area contributed by atoms with E-state index in [9.17, 15) is 4.79 Å². The number of nitrogens with one attached hydrogen (secondary N) is 1. The Hall–Kier alpha value is -0.750. The number of amides is 1. The highest BCUT2D eigenvalue weighted by Gasteiger charge is 2.26. The number of halogens is 1. The minimum Gasteiger partial charge on any atom is -0.381 e. The third kappa shape index (κ3) is 5.51. The fraction of sp³-hybridized carbons (Fsp3) is 0.533. The lowest BCUT2D eigenvalue weighted by atomic mass is 9.92. The Bertz CT molecular complexity index is 436. The average molecular weight is 331 g/mol. The lowest BCUT2D eigenvalue weighted by Gasteiger charge is -2.26. The van der Waals surface area contributed by atoms with Crippen molar-refractivity contribution >= 4 is 35.8 Å². The average Bonchev–Trinajstić information content (AvgIpc) is 2.49. The summed E-state index contributed by atoms with van der Waals surface area (Å²) in [6.07, 6.45) is 3.80. The highest BCUT2D eigenvalue weighted by molar-refractivity contribution is 7.97. The number of carbonyl (C=O) groups is 1. The Labute approximate surface area is 136 Å². The minimum absolute atomic E-state index is 0. The van der Waals surface area contributed by atoms with Gasteiger partial charge in [-0.3, -0.25) is 4.79 Å². The first-order valence-corrected chi connectivity index (χ1v) is 8.32. The zero-order chi connectivity index (χ0) is 14.4. The molecule has 0 spiro atoms. The van der Waals surface area contributed by atoms with Crippen molar-refractivity contribution < 1.29 is 9.53 Å². The van der Waals surface area contributed by atoms with Gasteiger partial charge in [0.25, 0.3) is 0 Å². The molecular weight excluding hydrogens is 308 g/mol. The zero-order valence-corrected chi connectivity index (χ0v) is 13.8. The molecule has 1 saturated heterocycles. The number of nitrogens with two attached hydrogens (primary N) is 1. The van der Waals surface area contributed by atoms with Gasteiger partial charge < -0.3 is 15.8 Å². The van der Waals surface area contributed by atoms with Crippen LogP contribution in [-0.4, -0.2) is 31.4 Å². The molecule has 21 heavy (non-hydrogen) atoms. The first kappa shape index (κ1) is 18.3. The van der Waals surface area contributed by atoms with Crippen molar-refractivity contribution in [3.05, 3.63) is 29.8 Å².